The average molecular weight is 355 g/mol. The lowest BCUT2D eigenvalue weighted by atomic mass is 10.2. The van der Waals surface area contributed by atoms with Crippen LogP contribution in [0, 0.1) is 0 Å². The largest absolute Gasteiger partial charge is 0.456 e. The molecule has 25 heavy (non-hydrogen) atoms. The van der Waals surface area contributed by atoms with Gasteiger partial charge in [0.05, 0.1) is 6.10 Å². The Kier molecular flexibility index (Phi) is 5.54. The number of rotatable bonds is 6. The van der Waals surface area contributed by atoms with Crippen molar-refractivity contribution in [2.75, 3.05) is 6.54 Å². The van der Waals surface area contributed by atoms with Crippen molar-refractivity contribution in [3.05, 3.63) is 83.4 Å². The van der Waals surface area contributed by atoms with E-state index < -0.39 is 13.4 Å². The van der Waals surface area contributed by atoms with Crippen LogP contribution in [0.15, 0.2) is 72.3 Å². The van der Waals surface area contributed by atoms with E-state index in [2.05, 4.69) is 5.09 Å². The summed E-state index contributed by atoms with van der Waals surface area (Å²) in [4.78, 5) is 0. The monoisotopic (exact) mass is 355 g/mol. The van der Waals surface area contributed by atoms with E-state index in [1.165, 1.54) is 0 Å². The van der Waals surface area contributed by atoms with Crippen molar-refractivity contribution in [3.8, 4) is 0 Å². The highest BCUT2D eigenvalue weighted by Gasteiger charge is 2.27. The van der Waals surface area contributed by atoms with Crippen LogP contribution in [-0.2, 0) is 9.30 Å². The molecule has 0 amide bonds. The molecule has 0 saturated carbocycles. The van der Waals surface area contributed by atoms with Gasteiger partial charge in [0, 0.05) is 29.3 Å². The van der Waals surface area contributed by atoms with E-state index in [1.807, 2.05) is 67.6 Å². The van der Waals surface area contributed by atoms with Crippen molar-refractivity contribution < 1.29 is 14.4 Å². The van der Waals surface area contributed by atoms with Gasteiger partial charge in [-0.2, -0.15) is 0 Å². The Morgan fingerprint density at radius 2 is 1.44 bits per heavy atom. The zero-order chi connectivity index (χ0) is 17.7. The minimum atomic E-state index is -2.98. The van der Waals surface area contributed by atoms with Crippen molar-refractivity contribution in [2.24, 2.45) is 0 Å². The van der Waals surface area contributed by atoms with Crippen LogP contribution >= 0.6 is 7.29 Å². The maximum Gasteiger partial charge on any atom is 0.198 e. The fraction of sp³-hybridized carbons (Fsp3) is 0.200. The maximum absolute atomic E-state index is 13.4. The summed E-state index contributed by atoms with van der Waals surface area (Å²) in [5.41, 5.74) is 1.73. The molecular weight excluding hydrogens is 333 g/mol. The molecule has 0 fully saturated rings. The summed E-state index contributed by atoms with van der Waals surface area (Å²) < 4.78 is 19.4. The SMILES string of the molecule is CCC(O)CNP1(=O)C=C(c2ccccc2)OC(c2ccccc2)=C1. The number of ether oxygens (including phenoxy) is 1. The highest BCUT2D eigenvalue weighted by atomic mass is 31.2. The minimum Gasteiger partial charge on any atom is -0.456 e. The van der Waals surface area contributed by atoms with Gasteiger partial charge in [-0.25, -0.2) is 0 Å². The maximum atomic E-state index is 13.4. The van der Waals surface area contributed by atoms with E-state index >= 15 is 0 Å². The van der Waals surface area contributed by atoms with Crippen molar-refractivity contribution in [1.82, 2.24) is 5.09 Å². The number of hydrogen-bond acceptors (Lipinski definition) is 3. The molecule has 1 aliphatic heterocycles. The van der Waals surface area contributed by atoms with Crippen LogP contribution in [-0.4, -0.2) is 17.8 Å². The molecule has 0 aromatic heterocycles. The second kappa shape index (κ2) is 7.83. The van der Waals surface area contributed by atoms with Crippen LogP contribution in [0.5, 0.6) is 0 Å². The third kappa shape index (κ3) is 4.49. The van der Waals surface area contributed by atoms with E-state index in [-0.39, 0.29) is 6.54 Å². The Hall–Kier alpha value is -2.13. The number of hydrogen-bond donors (Lipinski definition) is 2. The molecule has 5 heteroatoms. The van der Waals surface area contributed by atoms with E-state index in [0.717, 1.165) is 11.1 Å². The Balaban J connectivity index is 1.96. The molecule has 2 aromatic rings. The molecule has 0 saturated heterocycles. The average Bonchev–Trinajstić information content (AvgIpc) is 2.67. The lowest BCUT2D eigenvalue weighted by molar-refractivity contribution is 0.174. The van der Waals surface area contributed by atoms with E-state index in [9.17, 15) is 9.67 Å². The first-order valence-corrected chi connectivity index (χ1v) is 10.2. The van der Waals surface area contributed by atoms with Crippen LogP contribution in [0.2, 0.25) is 0 Å². The van der Waals surface area contributed by atoms with Gasteiger partial charge < -0.3 is 9.84 Å². The van der Waals surface area contributed by atoms with E-state index in [0.29, 0.717) is 17.9 Å². The van der Waals surface area contributed by atoms with Crippen molar-refractivity contribution in [2.45, 2.75) is 19.4 Å². The summed E-state index contributed by atoms with van der Waals surface area (Å²) in [7, 11) is -2.98. The minimum absolute atomic E-state index is 0.269. The Morgan fingerprint density at radius 3 is 1.88 bits per heavy atom. The standard InChI is InChI=1S/C20H22NO3P/c1-2-18(22)13-21-25(23)14-19(16-9-5-3-6-10-16)24-20(15-25)17-11-7-4-8-12-17/h3-12,14-15,18,22H,2,13H2,1H3,(H,21,23). The molecule has 1 heterocycles. The van der Waals surface area contributed by atoms with Gasteiger partial charge in [-0.15, -0.1) is 0 Å². The summed E-state index contributed by atoms with van der Waals surface area (Å²) in [6.07, 6.45) is 0.0735. The second-order valence-electron chi connectivity index (χ2n) is 5.95. The summed E-state index contributed by atoms with van der Waals surface area (Å²) in [5, 5.41) is 12.8. The van der Waals surface area contributed by atoms with Gasteiger partial charge >= 0.3 is 0 Å². The van der Waals surface area contributed by atoms with Crippen LogP contribution in [0.25, 0.3) is 11.5 Å². The first-order valence-electron chi connectivity index (χ1n) is 8.36. The lowest BCUT2D eigenvalue weighted by Crippen LogP contribution is -2.23. The summed E-state index contributed by atoms with van der Waals surface area (Å²) in [6, 6.07) is 19.2. The molecular formula is C20H22NO3P. The molecule has 4 nitrogen and oxygen atoms in total. The Morgan fingerprint density at radius 1 is 0.960 bits per heavy atom. The van der Waals surface area contributed by atoms with E-state index in [4.69, 9.17) is 4.74 Å². The lowest BCUT2D eigenvalue weighted by Gasteiger charge is -2.24. The van der Waals surface area contributed by atoms with Crippen molar-refractivity contribution in [3.63, 3.8) is 0 Å². The van der Waals surface area contributed by atoms with Crippen LogP contribution in [0.1, 0.15) is 24.5 Å². The van der Waals surface area contributed by atoms with Gasteiger partial charge in [0.15, 0.2) is 7.29 Å². The number of aliphatic hydroxyl groups excluding tert-OH is 1. The molecule has 0 bridgehead atoms. The molecule has 130 valence electrons. The fourth-order valence-electron chi connectivity index (χ4n) is 2.51. The number of nitrogens with one attached hydrogen (secondary N) is 1. The van der Waals surface area contributed by atoms with Gasteiger partial charge in [0.1, 0.15) is 11.5 Å². The van der Waals surface area contributed by atoms with Crippen molar-refractivity contribution >= 4 is 18.8 Å². The summed E-state index contributed by atoms with van der Waals surface area (Å²) in [6.45, 7) is 2.16. The zero-order valence-corrected chi connectivity index (χ0v) is 15.0. The smallest absolute Gasteiger partial charge is 0.198 e. The van der Waals surface area contributed by atoms with Crippen LogP contribution in [0.3, 0.4) is 0 Å². The first kappa shape index (κ1) is 17.7. The first-order chi connectivity index (χ1) is 12.1. The predicted octanol–water partition coefficient (Wildman–Crippen LogP) is 4.65. The quantitative estimate of drug-likeness (QED) is 0.741. The summed E-state index contributed by atoms with van der Waals surface area (Å²) in [5.74, 6) is 4.39. The van der Waals surface area contributed by atoms with Crippen LogP contribution in [0.4, 0.5) is 0 Å². The third-order valence-corrected chi connectivity index (χ3v) is 5.91. The van der Waals surface area contributed by atoms with Crippen molar-refractivity contribution in [1.29, 1.82) is 0 Å². The topological polar surface area (TPSA) is 58.6 Å². The molecule has 1 atom stereocenters. The summed E-state index contributed by atoms with van der Waals surface area (Å²) >= 11 is 0. The van der Waals surface area contributed by atoms with E-state index in [1.54, 1.807) is 11.6 Å². The highest BCUT2D eigenvalue weighted by molar-refractivity contribution is 7.68. The molecule has 1 unspecified atom stereocenters. The van der Waals surface area contributed by atoms with Gasteiger partial charge in [0.2, 0.25) is 0 Å². The molecule has 0 radical (unpaired) electrons. The molecule has 3 rings (SSSR count). The van der Waals surface area contributed by atoms with Gasteiger partial charge in [-0.3, -0.25) is 9.65 Å². The second-order valence-corrected chi connectivity index (χ2v) is 8.21. The Bertz CT molecular complexity index is 756. The normalized spacial score (nSPS) is 17.2. The predicted molar refractivity (Wildman–Crippen MR) is 102 cm³/mol. The van der Waals surface area contributed by atoms with Gasteiger partial charge in [-0.05, 0) is 6.42 Å². The molecule has 2 aromatic carbocycles. The molecule has 0 spiro atoms. The van der Waals surface area contributed by atoms with Gasteiger partial charge in [0.25, 0.3) is 0 Å². The molecule has 0 aliphatic carbocycles. The highest BCUT2D eigenvalue weighted by Crippen LogP contribution is 2.53. The number of benzene rings is 2. The fourth-order valence-corrected chi connectivity index (χ4v) is 4.37. The third-order valence-electron chi connectivity index (χ3n) is 4.00. The number of aliphatic hydroxyl groups is 1. The van der Waals surface area contributed by atoms with Gasteiger partial charge in [-0.1, -0.05) is 67.6 Å². The molecule has 2 N–H and O–H groups in total. The van der Waals surface area contributed by atoms with Crippen LogP contribution < -0.4 is 5.09 Å². The zero-order valence-electron chi connectivity index (χ0n) is 14.1. The molecule has 1 aliphatic rings. The Labute approximate surface area is 148 Å².